The molecule has 0 saturated carbocycles. The van der Waals surface area contributed by atoms with Gasteiger partial charge in [0.2, 0.25) is 0 Å². The topological polar surface area (TPSA) is 30.7 Å². The number of imidazole rings is 1. The number of aromatic nitrogens is 3. The molecule has 269 valence electrons. The van der Waals surface area contributed by atoms with E-state index in [0.29, 0.717) is 17.8 Å². The molecule has 0 aliphatic rings. The normalized spacial score (nSPS) is 11.3. The molecule has 3 heterocycles. The van der Waals surface area contributed by atoms with E-state index < -0.39 is 0 Å². The van der Waals surface area contributed by atoms with Crippen LogP contribution in [0.5, 0.6) is 0 Å². The second-order valence-electron chi connectivity index (χ2n) is 14.4. The first-order valence-electron chi connectivity index (χ1n) is 18.3. The predicted molar refractivity (Wildman–Crippen MR) is 221 cm³/mol. The summed E-state index contributed by atoms with van der Waals surface area (Å²) in [5, 5.41) is 4.92. The minimum atomic E-state index is 0. The SMILES string of the molecule is CC(C)Cc1ccc2s[c-]c(-c3nc4ccccc4n3-c3c(C(C)C)cc(-c4ccccc4)cc3C(C)C)c2c1.[Ir].[c-]1ccccc1-c1ccccn1. The average Bonchev–Trinajstić information content (AvgIpc) is 3.76. The molecular formula is C48H45IrN3S-2. The van der Waals surface area contributed by atoms with Crippen molar-refractivity contribution in [1.29, 1.82) is 0 Å². The second kappa shape index (κ2) is 17.0. The van der Waals surface area contributed by atoms with E-state index in [1.807, 2.05) is 42.5 Å². The van der Waals surface area contributed by atoms with Gasteiger partial charge in [-0.05, 0) is 82.5 Å². The van der Waals surface area contributed by atoms with E-state index in [4.69, 9.17) is 4.98 Å². The molecule has 3 aromatic heterocycles. The monoisotopic (exact) mass is 888 g/mol. The predicted octanol–water partition coefficient (Wildman–Crippen LogP) is 13.4. The van der Waals surface area contributed by atoms with Gasteiger partial charge in [0.05, 0.1) is 16.9 Å². The average molecular weight is 888 g/mol. The molecule has 0 aliphatic carbocycles. The number of nitrogens with zero attached hydrogens (tertiary/aromatic N) is 3. The Labute approximate surface area is 332 Å². The fourth-order valence-electron chi connectivity index (χ4n) is 6.90. The van der Waals surface area contributed by atoms with E-state index in [2.05, 4.69) is 147 Å². The Morgan fingerprint density at radius 1 is 0.698 bits per heavy atom. The van der Waals surface area contributed by atoms with Crippen molar-refractivity contribution in [2.45, 2.75) is 59.8 Å². The van der Waals surface area contributed by atoms with Crippen molar-refractivity contribution in [3.8, 4) is 39.5 Å². The summed E-state index contributed by atoms with van der Waals surface area (Å²) in [4.78, 5) is 9.51. The summed E-state index contributed by atoms with van der Waals surface area (Å²) in [6.07, 6.45) is 2.85. The van der Waals surface area contributed by atoms with E-state index in [-0.39, 0.29) is 20.1 Å². The second-order valence-corrected chi connectivity index (χ2v) is 15.3. The van der Waals surface area contributed by atoms with Gasteiger partial charge in [-0.1, -0.05) is 129 Å². The zero-order valence-corrected chi connectivity index (χ0v) is 34.4. The van der Waals surface area contributed by atoms with Crippen LogP contribution in [0.4, 0.5) is 0 Å². The van der Waals surface area contributed by atoms with Gasteiger partial charge >= 0.3 is 0 Å². The Bertz CT molecular complexity index is 2340. The largest absolute Gasteiger partial charge is 0.333 e. The molecule has 53 heavy (non-hydrogen) atoms. The molecule has 0 atom stereocenters. The van der Waals surface area contributed by atoms with Crippen molar-refractivity contribution in [3.63, 3.8) is 0 Å². The molecule has 0 fully saturated rings. The van der Waals surface area contributed by atoms with Crippen molar-refractivity contribution in [1.82, 2.24) is 14.5 Å². The number of rotatable bonds is 8. The van der Waals surface area contributed by atoms with E-state index >= 15 is 0 Å². The first-order chi connectivity index (χ1) is 25.3. The summed E-state index contributed by atoms with van der Waals surface area (Å²) in [5.41, 5.74) is 13.1. The Hall–Kier alpha value is -4.67. The number of hydrogen-bond acceptors (Lipinski definition) is 3. The fourth-order valence-corrected chi connectivity index (χ4v) is 7.72. The summed E-state index contributed by atoms with van der Waals surface area (Å²) in [7, 11) is 0. The van der Waals surface area contributed by atoms with Crippen LogP contribution in [0.15, 0.2) is 134 Å². The number of thiophene rings is 1. The zero-order chi connectivity index (χ0) is 36.2. The van der Waals surface area contributed by atoms with Crippen LogP contribution in [-0.4, -0.2) is 14.5 Å². The molecule has 0 aliphatic heterocycles. The number of pyridine rings is 1. The third kappa shape index (κ3) is 8.29. The van der Waals surface area contributed by atoms with Gasteiger partial charge in [0.1, 0.15) is 0 Å². The van der Waals surface area contributed by atoms with Gasteiger partial charge in [0.15, 0.2) is 0 Å². The van der Waals surface area contributed by atoms with Crippen LogP contribution < -0.4 is 0 Å². The maximum atomic E-state index is 5.29. The standard InChI is InChI=1S/C37H37N2S.C11H8N.Ir/c1-23(2)18-26-16-17-35-31(19-26)32(22-40-35)37-38-33-14-10-11-15-34(33)39(37)36-29(24(3)4)20-28(21-30(36)25(5)6)27-12-8-7-9-13-27;1-2-6-10(7-3-1)11-8-4-5-9-12-11;/h7-17,19-21,23-25H,18H2,1-6H3;1-6,8-9H;/q2*-1;. The third-order valence-electron chi connectivity index (χ3n) is 9.40. The van der Waals surface area contributed by atoms with E-state index in [0.717, 1.165) is 40.1 Å². The number of para-hydroxylation sites is 2. The third-order valence-corrected chi connectivity index (χ3v) is 10.3. The molecule has 5 aromatic carbocycles. The number of fused-ring (bicyclic) bond motifs is 2. The molecule has 0 amide bonds. The van der Waals surface area contributed by atoms with Crippen molar-refractivity contribution >= 4 is 32.5 Å². The molecule has 0 spiro atoms. The van der Waals surface area contributed by atoms with Crippen molar-refractivity contribution < 1.29 is 20.1 Å². The minimum Gasteiger partial charge on any atom is -0.333 e. The van der Waals surface area contributed by atoms with Crippen LogP contribution in [0.3, 0.4) is 0 Å². The first-order valence-corrected chi connectivity index (χ1v) is 19.1. The Morgan fingerprint density at radius 3 is 2.06 bits per heavy atom. The summed E-state index contributed by atoms with van der Waals surface area (Å²) >= 11 is 1.69. The van der Waals surface area contributed by atoms with Crippen LogP contribution in [0.1, 0.15) is 70.1 Å². The van der Waals surface area contributed by atoms with Crippen LogP contribution in [0.25, 0.3) is 60.6 Å². The fraction of sp³-hybridized carbons (Fsp3) is 0.208. The van der Waals surface area contributed by atoms with Gasteiger partial charge in [-0.3, -0.25) is 16.3 Å². The van der Waals surface area contributed by atoms with E-state index in [1.54, 1.807) is 17.5 Å². The van der Waals surface area contributed by atoms with Gasteiger partial charge < -0.3 is 9.55 Å². The Morgan fingerprint density at radius 2 is 1.40 bits per heavy atom. The first kappa shape index (κ1) is 38.1. The Balaban J connectivity index is 0.000000313. The van der Waals surface area contributed by atoms with Gasteiger partial charge in [-0.2, -0.15) is 0 Å². The minimum absolute atomic E-state index is 0. The maximum Gasteiger partial charge on any atom is 0.0774 e. The van der Waals surface area contributed by atoms with Gasteiger partial charge in [-0.15, -0.1) is 47.3 Å². The molecule has 5 heteroatoms. The molecule has 1 radical (unpaired) electrons. The maximum absolute atomic E-state index is 5.29. The zero-order valence-electron chi connectivity index (χ0n) is 31.2. The summed E-state index contributed by atoms with van der Waals surface area (Å²) in [6.45, 7) is 13.8. The van der Waals surface area contributed by atoms with E-state index in [9.17, 15) is 0 Å². The Kier molecular flexibility index (Phi) is 12.2. The van der Waals surface area contributed by atoms with Crippen LogP contribution in [-0.2, 0) is 26.5 Å². The van der Waals surface area contributed by atoms with Crippen LogP contribution in [0.2, 0.25) is 0 Å². The summed E-state index contributed by atoms with van der Waals surface area (Å²) in [5.74, 6) is 2.26. The molecule has 0 N–H and O–H groups in total. The van der Waals surface area contributed by atoms with Crippen molar-refractivity contribution in [2.75, 3.05) is 0 Å². The molecular weight excluding hydrogens is 843 g/mol. The molecule has 0 unspecified atom stereocenters. The molecule has 8 rings (SSSR count). The quantitative estimate of drug-likeness (QED) is 0.142. The smallest absolute Gasteiger partial charge is 0.0774 e. The summed E-state index contributed by atoms with van der Waals surface area (Å²) < 4.78 is 3.69. The molecule has 0 bridgehead atoms. The number of hydrogen-bond donors (Lipinski definition) is 0. The van der Waals surface area contributed by atoms with Gasteiger partial charge in [0.25, 0.3) is 0 Å². The number of benzene rings is 5. The molecule has 0 saturated heterocycles. The van der Waals surface area contributed by atoms with Crippen molar-refractivity contribution in [2.24, 2.45) is 5.92 Å². The molecule has 3 nitrogen and oxygen atoms in total. The van der Waals surface area contributed by atoms with Gasteiger partial charge in [-0.25, -0.2) is 0 Å². The van der Waals surface area contributed by atoms with Crippen LogP contribution >= 0.6 is 11.3 Å². The van der Waals surface area contributed by atoms with Crippen molar-refractivity contribution in [3.05, 3.63) is 162 Å². The van der Waals surface area contributed by atoms with Crippen LogP contribution in [0, 0.1) is 17.4 Å². The van der Waals surface area contributed by atoms with E-state index in [1.165, 1.54) is 43.6 Å². The van der Waals surface area contributed by atoms with Gasteiger partial charge in [0, 0.05) is 32.0 Å². The summed E-state index contributed by atoms with van der Waals surface area (Å²) in [6, 6.07) is 47.8. The molecule has 8 aromatic rings.